The SMILES string of the molecule is NC(Cc1ccc(Cl)cc1)c1cc2c(cc1Cl)NC(=O)C2. The number of nitrogens with two attached hydrogens (primary N) is 1. The number of amides is 1. The van der Waals surface area contributed by atoms with E-state index >= 15 is 0 Å². The van der Waals surface area contributed by atoms with Crippen LogP contribution in [-0.2, 0) is 17.6 Å². The highest BCUT2D eigenvalue weighted by Gasteiger charge is 2.21. The van der Waals surface area contributed by atoms with Crippen LogP contribution in [0.3, 0.4) is 0 Å². The third kappa shape index (κ3) is 3.05. The molecule has 0 fully saturated rings. The van der Waals surface area contributed by atoms with Crippen molar-refractivity contribution in [2.45, 2.75) is 18.9 Å². The molecule has 21 heavy (non-hydrogen) atoms. The van der Waals surface area contributed by atoms with Crippen LogP contribution in [0.15, 0.2) is 36.4 Å². The van der Waals surface area contributed by atoms with Gasteiger partial charge in [-0.25, -0.2) is 0 Å². The van der Waals surface area contributed by atoms with Crippen molar-refractivity contribution in [3.05, 3.63) is 63.1 Å². The molecule has 1 atom stereocenters. The molecule has 3 N–H and O–H groups in total. The maximum absolute atomic E-state index is 11.4. The summed E-state index contributed by atoms with van der Waals surface area (Å²) in [6.07, 6.45) is 1.05. The molecule has 0 radical (unpaired) electrons. The summed E-state index contributed by atoms with van der Waals surface area (Å²) in [4.78, 5) is 11.4. The minimum Gasteiger partial charge on any atom is -0.325 e. The molecule has 3 rings (SSSR count). The van der Waals surface area contributed by atoms with Gasteiger partial charge in [0.1, 0.15) is 0 Å². The first-order valence-corrected chi connectivity index (χ1v) is 7.41. The minimum atomic E-state index is -0.223. The van der Waals surface area contributed by atoms with E-state index in [1.54, 1.807) is 6.07 Å². The van der Waals surface area contributed by atoms with Gasteiger partial charge < -0.3 is 11.1 Å². The van der Waals surface area contributed by atoms with Crippen molar-refractivity contribution in [1.82, 2.24) is 0 Å². The summed E-state index contributed by atoms with van der Waals surface area (Å²) >= 11 is 12.2. The highest BCUT2D eigenvalue weighted by atomic mass is 35.5. The van der Waals surface area contributed by atoms with E-state index in [1.807, 2.05) is 30.3 Å². The Labute approximate surface area is 133 Å². The van der Waals surface area contributed by atoms with Crippen LogP contribution in [0, 0.1) is 0 Å². The summed E-state index contributed by atoms with van der Waals surface area (Å²) in [5.74, 6) is -0.00973. The van der Waals surface area contributed by atoms with Gasteiger partial charge in [0.25, 0.3) is 0 Å². The van der Waals surface area contributed by atoms with Crippen molar-refractivity contribution in [2.24, 2.45) is 5.73 Å². The molecular weight excluding hydrogens is 307 g/mol. The number of anilines is 1. The summed E-state index contributed by atoms with van der Waals surface area (Å²) < 4.78 is 0. The zero-order chi connectivity index (χ0) is 15.0. The predicted molar refractivity (Wildman–Crippen MR) is 85.9 cm³/mol. The second-order valence-corrected chi connectivity index (χ2v) is 6.04. The Balaban J connectivity index is 1.85. The second kappa shape index (κ2) is 5.68. The van der Waals surface area contributed by atoms with E-state index in [0.717, 1.165) is 22.4 Å². The van der Waals surface area contributed by atoms with E-state index in [4.69, 9.17) is 28.9 Å². The molecule has 1 aliphatic rings. The van der Waals surface area contributed by atoms with Gasteiger partial charge in [0, 0.05) is 21.8 Å². The van der Waals surface area contributed by atoms with Crippen molar-refractivity contribution in [3.63, 3.8) is 0 Å². The molecule has 2 aromatic rings. The first-order valence-electron chi connectivity index (χ1n) is 6.65. The Morgan fingerprint density at radius 2 is 1.90 bits per heavy atom. The summed E-state index contributed by atoms with van der Waals surface area (Å²) in [5.41, 5.74) is 9.96. The van der Waals surface area contributed by atoms with E-state index in [-0.39, 0.29) is 11.9 Å². The fourth-order valence-corrected chi connectivity index (χ4v) is 2.97. The van der Waals surface area contributed by atoms with Gasteiger partial charge in [-0.2, -0.15) is 0 Å². The number of rotatable bonds is 3. The molecule has 0 saturated carbocycles. The molecule has 0 spiro atoms. The second-order valence-electron chi connectivity index (χ2n) is 5.19. The van der Waals surface area contributed by atoms with Gasteiger partial charge in [-0.3, -0.25) is 4.79 Å². The molecule has 1 amide bonds. The maximum Gasteiger partial charge on any atom is 0.228 e. The summed E-state index contributed by atoms with van der Waals surface area (Å²) in [7, 11) is 0. The molecule has 0 saturated heterocycles. The maximum atomic E-state index is 11.4. The molecule has 1 unspecified atom stereocenters. The van der Waals surface area contributed by atoms with Crippen molar-refractivity contribution in [2.75, 3.05) is 5.32 Å². The van der Waals surface area contributed by atoms with Gasteiger partial charge in [0.15, 0.2) is 0 Å². The standard InChI is InChI=1S/C16H14Cl2N2O/c17-11-3-1-9(2-4-11)5-14(19)12-6-10-7-16(21)20-15(10)8-13(12)18/h1-4,6,8,14H,5,7,19H2,(H,20,21). The molecule has 0 aliphatic carbocycles. The van der Waals surface area contributed by atoms with Gasteiger partial charge in [-0.05, 0) is 41.3 Å². The molecule has 3 nitrogen and oxygen atoms in total. The zero-order valence-corrected chi connectivity index (χ0v) is 12.7. The van der Waals surface area contributed by atoms with Gasteiger partial charge in [-0.1, -0.05) is 41.4 Å². The summed E-state index contributed by atoms with van der Waals surface area (Å²) in [5, 5.41) is 4.06. The van der Waals surface area contributed by atoms with Crippen LogP contribution in [-0.4, -0.2) is 5.91 Å². The third-order valence-corrected chi connectivity index (χ3v) is 4.20. The average Bonchev–Trinajstić information content (AvgIpc) is 2.79. The fraction of sp³-hybridized carbons (Fsp3) is 0.188. The number of carbonyl (C=O) groups excluding carboxylic acids is 1. The molecule has 1 aliphatic heterocycles. The van der Waals surface area contributed by atoms with Gasteiger partial charge >= 0.3 is 0 Å². The normalized spacial score (nSPS) is 14.7. The molecule has 0 aromatic heterocycles. The van der Waals surface area contributed by atoms with E-state index in [9.17, 15) is 4.79 Å². The summed E-state index contributed by atoms with van der Waals surface area (Å²) in [6.45, 7) is 0. The molecule has 2 aromatic carbocycles. The lowest BCUT2D eigenvalue weighted by Crippen LogP contribution is -2.14. The van der Waals surface area contributed by atoms with E-state index in [2.05, 4.69) is 5.32 Å². The Morgan fingerprint density at radius 3 is 2.62 bits per heavy atom. The smallest absolute Gasteiger partial charge is 0.228 e. The lowest BCUT2D eigenvalue weighted by atomic mass is 9.97. The first kappa shape index (κ1) is 14.4. The molecule has 1 heterocycles. The third-order valence-electron chi connectivity index (χ3n) is 3.62. The summed E-state index contributed by atoms with van der Waals surface area (Å²) in [6, 6.07) is 11.1. The van der Waals surface area contributed by atoms with Crippen molar-refractivity contribution >= 4 is 34.8 Å². The van der Waals surface area contributed by atoms with E-state index < -0.39 is 0 Å². The van der Waals surface area contributed by atoms with E-state index in [0.29, 0.717) is 22.9 Å². The zero-order valence-electron chi connectivity index (χ0n) is 11.2. The number of halogens is 2. The largest absolute Gasteiger partial charge is 0.325 e. The molecule has 0 bridgehead atoms. The number of nitrogens with one attached hydrogen (secondary N) is 1. The Bertz CT molecular complexity index is 698. The van der Waals surface area contributed by atoms with Crippen molar-refractivity contribution < 1.29 is 4.79 Å². The van der Waals surface area contributed by atoms with Crippen LogP contribution < -0.4 is 11.1 Å². The lowest BCUT2D eigenvalue weighted by Gasteiger charge is -2.15. The number of benzene rings is 2. The predicted octanol–water partition coefficient (Wildman–Crippen LogP) is 3.73. The topological polar surface area (TPSA) is 55.1 Å². The number of carbonyl (C=O) groups is 1. The van der Waals surface area contributed by atoms with Gasteiger partial charge in [0.05, 0.1) is 6.42 Å². The minimum absolute atomic E-state index is 0.00973. The average molecular weight is 321 g/mol. The van der Waals surface area contributed by atoms with Gasteiger partial charge in [0.2, 0.25) is 5.91 Å². The molecular formula is C16H14Cl2N2O. The Morgan fingerprint density at radius 1 is 1.19 bits per heavy atom. The Hall–Kier alpha value is -1.55. The quantitative estimate of drug-likeness (QED) is 0.905. The van der Waals surface area contributed by atoms with Crippen LogP contribution in [0.4, 0.5) is 5.69 Å². The van der Waals surface area contributed by atoms with Crippen LogP contribution in [0.1, 0.15) is 22.7 Å². The highest BCUT2D eigenvalue weighted by Crippen LogP contribution is 2.33. The Kier molecular flexibility index (Phi) is 3.89. The van der Waals surface area contributed by atoms with Crippen LogP contribution >= 0.6 is 23.2 Å². The van der Waals surface area contributed by atoms with Gasteiger partial charge in [-0.15, -0.1) is 0 Å². The van der Waals surface area contributed by atoms with Crippen molar-refractivity contribution in [3.8, 4) is 0 Å². The fourth-order valence-electron chi connectivity index (χ4n) is 2.54. The first-order chi connectivity index (χ1) is 10.0. The number of hydrogen-bond acceptors (Lipinski definition) is 2. The number of hydrogen-bond donors (Lipinski definition) is 2. The van der Waals surface area contributed by atoms with Crippen LogP contribution in [0.2, 0.25) is 10.0 Å². The van der Waals surface area contributed by atoms with Crippen molar-refractivity contribution in [1.29, 1.82) is 0 Å². The van der Waals surface area contributed by atoms with Crippen LogP contribution in [0.25, 0.3) is 0 Å². The van der Waals surface area contributed by atoms with Crippen LogP contribution in [0.5, 0.6) is 0 Å². The number of fused-ring (bicyclic) bond motifs is 1. The molecule has 108 valence electrons. The monoisotopic (exact) mass is 320 g/mol. The lowest BCUT2D eigenvalue weighted by molar-refractivity contribution is -0.115. The molecule has 5 heteroatoms. The van der Waals surface area contributed by atoms with E-state index in [1.165, 1.54) is 0 Å². The highest BCUT2D eigenvalue weighted by molar-refractivity contribution is 6.32.